The van der Waals surface area contributed by atoms with E-state index in [9.17, 15) is 14.4 Å². The minimum atomic E-state index is -0.569. The highest BCUT2D eigenvalue weighted by Crippen LogP contribution is 2.10. The number of rotatable bonds is 6. The summed E-state index contributed by atoms with van der Waals surface area (Å²) >= 11 is 0. The minimum absolute atomic E-state index is 0.145. The highest BCUT2D eigenvalue weighted by molar-refractivity contribution is 6.01. The van der Waals surface area contributed by atoms with Gasteiger partial charge < -0.3 is 11.1 Å². The molecule has 2 unspecified atom stereocenters. The quantitative estimate of drug-likeness (QED) is 0.566. The van der Waals surface area contributed by atoms with E-state index in [1.807, 2.05) is 6.92 Å². The van der Waals surface area contributed by atoms with Crippen molar-refractivity contribution in [1.82, 2.24) is 10.6 Å². The van der Waals surface area contributed by atoms with Crippen LogP contribution in [0.3, 0.4) is 0 Å². The van der Waals surface area contributed by atoms with Crippen LogP contribution in [0.2, 0.25) is 0 Å². The van der Waals surface area contributed by atoms with Gasteiger partial charge in [0.05, 0.1) is 0 Å². The van der Waals surface area contributed by atoms with E-state index in [0.29, 0.717) is 25.3 Å². The molecule has 0 aliphatic carbocycles. The number of nitrogens with two attached hydrogens (primary N) is 1. The van der Waals surface area contributed by atoms with E-state index in [0.717, 1.165) is 12.8 Å². The second-order valence-electron chi connectivity index (χ2n) is 4.79. The van der Waals surface area contributed by atoms with Gasteiger partial charge in [-0.1, -0.05) is 6.92 Å². The first-order valence-corrected chi connectivity index (χ1v) is 6.36. The number of hydrogen-bond acceptors (Lipinski definition) is 4. The van der Waals surface area contributed by atoms with Gasteiger partial charge in [-0.15, -0.1) is 0 Å². The Labute approximate surface area is 107 Å². The molecule has 1 heterocycles. The summed E-state index contributed by atoms with van der Waals surface area (Å²) in [7, 11) is 0. The van der Waals surface area contributed by atoms with Crippen molar-refractivity contribution in [3.63, 3.8) is 0 Å². The van der Waals surface area contributed by atoms with Crippen LogP contribution >= 0.6 is 0 Å². The van der Waals surface area contributed by atoms with E-state index < -0.39 is 11.9 Å². The smallest absolute Gasteiger partial charge is 0.249 e. The van der Waals surface area contributed by atoms with Crippen molar-refractivity contribution in [3.8, 4) is 0 Å². The molecule has 3 amide bonds. The maximum atomic E-state index is 11.6. The van der Waals surface area contributed by atoms with Crippen LogP contribution in [0.15, 0.2) is 0 Å². The maximum absolute atomic E-state index is 11.6. The van der Waals surface area contributed by atoms with Crippen molar-refractivity contribution < 1.29 is 14.4 Å². The minimum Gasteiger partial charge on any atom is -0.344 e. The SMILES string of the molecule is CC(CCN)CCC(=O)NC1CCC(=O)NC1=O. The van der Waals surface area contributed by atoms with Crippen LogP contribution in [0.25, 0.3) is 0 Å². The van der Waals surface area contributed by atoms with E-state index in [4.69, 9.17) is 5.73 Å². The van der Waals surface area contributed by atoms with E-state index in [2.05, 4.69) is 10.6 Å². The number of piperidine rings is 1. The van der Waals surface area contributed by atoms with Crippen LogP contribution in [-0.2, 0) is 14.4 Å². The maximum Gasteiger partial charge on any atom is 0.249 e. The van der Waals surface area contributed by atoms with Crippen LogP contribution in [0.5, 0.6) is 0 Å². The molecule has 4 N–H and O–H groups in total. The number of nitrogens with one attached hydrogen (secondary N) is 2. The molecule has 1 rings (SSSR count). The van der Waals surface area contributed by atoms with E-state index in [1.54, 1.807) is 0 Å². The highest BCUT2D eigenvalue weighted by atomic mass is 16.2. The molecule has 1 aliphatic rings. The van der Waals surface area contributed by atoms with Gasteiger partial charge in [-0.2, -0.15) is 0 Å². The molecular weight excluding hydrogens is 234 g/mol. The number of imide groups is 1. The summed E-state index contributed by atoms with van der Waals surface area (Å²) in [5, 5.41) is 4.86. The molecule has 0 spiro atoms. The molecule has 6 heteroatoms. The van der Waals surface area contributed by atoms with Crippen molar-refractivity contribution in [2.75, 3.05) is 6.54 Å². The second kappa shape index (κ2) is 7.10. The molecule has 0 saturated carbocycles. The average Bonchev–Trinajstić information content (AvgIpc) is 2.31. The monoisotopic (exact) mass is 255 g/mol. The standard InChI is InChI=1S/C12H21N3O3/c1-8(6-7-13)2-4-10(16)14-9-3-5-11(17)15-12(9)18/h8-9H,2-7,13H2,1H3,(H,14,16)(H,15,17,18). The molecule has 1 aliphatic heterocycles. The summed E-state index contributed by atoms with van der Waals surface area (Å²) < 4.78 is 0. The molecule has 0 aromatic heterocycles. The van der Waals surface area contributed by atoms with Crippen molar-refractivity contribution in [2.24, 2.45) is 11.7 Å². The Bertz CT molecular complexity index is 331. The van der Waals surface area contributed by atoms with Gasteiger partial charge >= 0.3 is 0 Å². The summed E-state index contributed by atoms with van der Waals surface area (Å²) in [6, 6.07) is -0.569. The van der Waals surface area contributed by atoms with E-state index >= 15 is 0 Å². The topological polar surface area (TPSA) is 101 Å². The summed E-state index contributed by atoms with van der Waals surface area (Å²) in [4.78, 5) is 34.0. The third-order valence-corrected chi connectivity index (χ3v) is 3.10. The Morgan fingerprint density at radius 3 is 2.83 bits per heavy atom. The van der Waals surface area contributed by atoms with Gasteiger partial charge in [0.2, 0.25) is 17.7 Å². The van der Waals surface area contributed by atoms with Crippen molar-refractivity contribution in [1.29, 1.82) is 0 Å². The molecule has 18 heavy (non-hydrogen) atoms. The summed E-state index contributed by atoms with van der Waals surface area (Å²) in [6.45, 7) is 2.67. The third-order valence-electron chi connectivity index (χ3n) is 3.10. The zero-order chi connectivity index (χ0) is 13.5. The fourth-order valence-electron chi connectivity index (χ4n) is 1.90. The van der Waals surface area contributed by atoms with Gasteiger partial charge in [-0.05, 0) is 31.7 Å². The Kier molecular flexibility index (Phi) is 5.77. The predicted molar refractivity (Wildman–Crippen MR) is 66.4 cm³/mol. The first kappa shape index (κ1) is 14.6. The number of carbonyl (C=O) groups excluding carboxylic acids is 3. The average molecular weight is 255 g/mol. The van der Waals surface area contributed by atoms with Crippen LogP contribution in [0, 0.1) is 5.92 Å². The third kappa shape index (κ3) is 4.83. The summed E-state index contributed by atoms with van der Waals surface area (Å²) in [5.74, 6) is -0.424. The molecule has 0 aromatic carbocycles. The fourth-order valence-corrected chi connectivity index (χ4v) is 1.90. The molecule has 2 atom stereocenters. The second-order valence-corrected chi connectivity index (χ2v) is 4.79. The van der Waals surface area contributed by atoms with E-state index in [-0.39, 0.29) is 18.2 Å². The number of carbonyl (C=O) groups is 3. The first-order chi connectivity index (χ1) is 8.52. The fraction of sp³-hybridized carbons (Fsp3) is 0.750. The molecule has 1 fully saturated rings. The number of hydrogen-bond donors (Lipinski definition) is 3. The molecule has 0 bridgehead atoms. The lowest BCUT2D eigenvalue weighted by molar-refractivity contribution is -0.137. The Morgan fingerprint density at radius 1 is 1.50 bits per heavy atom. The van der Waals surface area contributed by atoms with Gasteiger partial charge in [0.25, 0.3) is 0 Å². The summed E-state index contributed by atoms with van der Waals surface area (Å²) in [6.07, 6.45) is 2.70. The molecule has 6 nitrogen and oxygen atoms in total. The zero-order valence-electron chi connectivity index (χ0n) is 10.7. The normalized spacial score (nSPS) is 21.3. The van der Waals surface area contributed by atoms with Crippen LogP contribution in [-0.4, -0.2) is 30.3 Å². The Morgan fingerprint density at radius 2 is 2.22 bits per heavy atom. The lowest BCUT2D eigenvalue weighted by Gasteiger charge is -2.22. The molecule has 102 valence electrons. The molecule has 1 saturated heterocycles. The largest absolute Gasteiger partial charge is 0.344 e. The van der Waals surface area contributed by atoms with Gasteiger partial charge in [0.15, 0.2) is 0 Å². The van der Waals surface area contributed by atoms with Crippen LogP contribution < -0.4 is 16.4 Å². The predicted octanol–water partition coefficient (Wildman–Crippen LogP) is -0.327. The Hall–Kier alpha value is -1.43. The molecule has 0 aromatic rings. The lowest BCUT2D eigenvalue weighted by Crippen LogP contribution is -2.52. The number of amides is 3. The lowest BCUT2D eigenvalue weighted by atomic mass is 10.0. The zero-order valence-corrected chi connectivity index (χ0v) is 10.7. The molecule has 0 radical (unpaired) electrons. The van der Waals surface area contributed by atoms with Gasteiger partial charge in [-0.25, -0.2) is 0 Å². The van der Waals surface area contributed by atoms with Gasteiger partial charge in [-0.3, -0.25) is 19.7 Å². The Balaban J connectivity index is 2.27. The van der Waals surface area contributed by atoms with E-state index in [1.165, 1.54) is 0 Å². The van der Waals surface area contributed by atoms with Crippen LogP contribution in [0.1, 0.15) is 39.0 Å². The highest BCUT2D eigenvalue weighted by Gasteiger charge is 2.27. The van der Waals surface area contributed by atoms with Crippen molar-refractivity contribution in [2.45, 2.75) is 45.1 Å². The van der Waals surface area contributed by atoms with Gasteiger partial charge in [0, 0.05) is 12.8 Å². The first-order valence-electron chi connectivity index (χ1n) is 6.36. The van der Waals surface area contributed by atoms with Gasteiger partial charge in [0.1, 0.15) is 6.04 Å². The van der Waals surface area contributed by atoms with Crippen LogP contribution in [0.4, 0.5) is 0 Å². The summed E-state index contributed by atoms with van der Waals surface area (Å²) in [5.41, 5.74) is 5.43. The van der Waals surface area contributed by atoms with Crippen molar-refractivity contribution >= 4 is 17.7 Å². The molecular formula is C12H21N3O3. The van der Waals surface area contributed by atoms with Crippen molar-refractivity contribution in [3.05, 3.63) is 0 Å².